The van der Waals surface area contributed by atoms with Crippen LogP contribution in [0.1, 0.15) is 64.5 Å². The fourth-order valence-corrected chi connectivity index (χ4v) is 3.69. The van der Waals surface area contributed by atoms with Gasteiger partial charge in [-0.3, -0.25) is 4.79 Å². The first-order valence-electron chi connectivity index (χ1n) is 9.88. The summed E-state index contributed by atoms with van der Waals surface area (Å²) in [4.78, 5) is 12.3. The zero-order valence-electron chi connectivity index (χ0n) is 16.1. The van der Waals surface area contributed by atoms with Gasteiger partial charge in [-0.2, -0.15) is 0 Å². The van der Waals surface area contributed by atoms with Gasteiger partial charge in [0, 0.05) is 24.5 Å². The van der Waals surface area contributed by atoms with Gasteiger partial charge in [0.15, 0.2) is 0 Å². The Morgan fingerprint density at radius 2 is 2.00 bits per heavy atom. The van der Waals surface area contributed by atoms with Gasteiger partial charge in [0.05, 0.1) is 0 Å². The number of carbonyl (C=O) groups excluding carboxylic acids is 1. The van der Waals surface area contributed by atoms with Gasteiger partial charge in [0.25, 0.3) is 0 Å². The van der Waals surface area contributed by atoms with E-state index in [9.17, 15) is 4.79 Å². The van der Waals surface area contributed by atoms with E-state index in [1.165, 1.54) is 12.0 Å². The number of carbonyl (C=O) groups is 1. The van der Waals surface area contributed by atoms with Gasteiger partial charge in [0.2, 0.25) is 5.91 Å². The van der Waals surface area contributed by atoms with Crippen molar-refractivity contribution in [2.24, 2.45) is 5.92 Å². The van der Waals surface area contributed by atoms with Crippen LogP contribution < -0.4 is 16.0 Å². The monoisotopic (exact) mass is 345 g/mol. The lowest BCUT2D eigenvalue weighted by Crippen LogP contribution is -2.53. The van der Waals surface area contributed by atoms with E-state index in [0.29, 0.717) is 18.9 Å². The molecule has 3 N–H and O–H groups in total. The highest BCUT2D eigenvalue weighted by Gasteiger charge is 2.28. The summed E-state index contributed by atoms with van der Waals surface area (Å²) in [5, 5.41) is 10.3. The van der Waals surface area contributed by atoms with Gasteiger partial charge in [-0.15, -0.1) is 0 Å². The largest absolute Gasteiger partial charge is 0.354 e. The Balaban J connectivity index is 1.84. The molecule has 1 amide bonds. The predicted octanol–water partition coefficient (Wildman–Crippen LogP) is 3.40. The van der Waals surface area contributed by atoms with Crippen LogP contribution in [0.2, 0.25) is 0 Å². The number of amides is 1. The summed E-state index contributed by atoms with van der Waals surface area (Å²) in [6.07, 6.45) is 4.83. The minimum absolute atomic E-state index is 0.0557. The van der Waals surface area contributed by atoms with Gasteiger partial charge >= 0.3 is 0 Å². The lowest BCUT2D eigenvalue weighted by Gasteiger charge is -2.36. The van der Waals surface area contributed by atoms with Crippen molar-refractivity contribution in [1.82, 2.24) is 16.0 Å². The quantitative estimate of drug-likeness (QED) is 0.609. The molecule has 0 bridgehead atoms. The summed E-state index contributed by atoms with van der Waals surface area (Å²) in [7, 11) is 0. The molecule has 25 heavy (non-hydrogen) atoms. The molecular weight excluding hydrogens is 310 g/mol. The van der Waals surface area contributed by atoms with Gasteiger partial charge < -0.3 is 16.0 Å². The molecule has 1 heterocycles. The van der Waals surface area contributed by atoms with E-state index in [4.69, 9.17) is 0 Å². The molecule has 1 aromatic carbocycles. The maximum atomic E-state index is 12.3. The fraction of sp³-hybridized carbons (Fsp3) is 0.667. The first-order valence-corrected chi connectivity index (χ1v) is 9.88. The Morgan fingerprint density at radius 3 is 2.60 bits per heavy atom. The Morgan fingerprint density at radius 1 is 1.28 bits per heavy atom. The topological polar surface area (TPSA) is 53.2 Å². The lowest BCUT2D eigenvalue weighted by molar-refractivity contribution is -0.121. The Kier molecular flexibility index (Phi) is 7.91. The summed E-state index contributed by atoms with van der Waals surface area (Å²) >= 11 is 0. The fourth-order valence-electron chi connectivity index (χ4n) is 3.69. The van der Waals surface area contributed by atoms with Crippen LogP contribution in [-0.2, 0) is 4.79 Å². The number of hydrogen-bond donors (Lipinski definition) is 3. The van der Waals surface area contributed by atoms with Crippen LogP contribution in [0.5, 0.6) is 0 Å². The minimum atomic E-state index is -0.0557. The molecule has 1 fully saturated rings. The van der Waals surface area contributed by atoms with Crippen LogP contribution >= 0.6 is 0 Å². The third-order valence-corrected chi connectivity index (χ3v) is 5.74. The highest BCUT2D eigenvalue weighted by Crippen LogP contribution is 2.22. The molecule has 2 atom stereocenters. The number of benzene rings is 1. The molecule has 140 valence electrons. The maximum Gasteiger partial charge on any atom is 0.220 e. The maximum absolute atomic E-state index is 12.3. The standard InChI is InChI=1S/C21H35N3O/c1-4-21(5-2,24-17(3)19-9-7-6-8-10-19)16-23-20(25)12-11-18-13-14-22-15-18/h6-10,17-18,22,24H,4-5,11-16H2,1-3H3,(H,23,25). The second kappa shape index (κ2) is 9.93. The average Bonchev–Trinajstić information content (AvgIpc) is 3.17. The minimum Gasteiger partial charge on any atom is -0.354 e. The summed E-state index contributed by atoms with van der Waals surface area (Å²) in [5.41, 5.74) is 1.23. The molecule has 0 aromatic heterocycles. The molecule has 0 spiro atoms. The Hall–Kier alpha value is -1.39. The second-order valence-corrected chi connectivity index (χ2v) is 7.44. The van der Waals surface area contributed by atoms with Crippen molar-refractivity contribution in [3.63, 3.8) is 0 Å². The van der Waals surface area contributed by atoms with Gasteiger partial charge in [-0.05, 0) is 57.2 Å². The SMILES string of the molecule is CCC(CC)(CNC(=O)CCC1CCNC1)NC(C)c1ccccc1. The molecule has 0 radical (unpaired) electrons. The van der Waals surface area contributed by atoms with Crippen LogP contribution in [0, 0.1) is 5.92 Å². The van der Waals surface area contributed by atoms with E-state index in [1.807, 2.05) is 6.07 Å². The first kappa shape index (κ1) is 19.9. The van der Waals surface area contributed by atoms with E-state index in [-0.39, 0.29) is 17.5 Å². The third kappa shape index (κ3) is 6.12. The van der Waals surface area contributed by atoms with Crippen molar-refractivity contribution < 1.29 is 4.79 Å². The van der Waals surface area contributed by atoms with Gasteiger partial charge in [-0.25, -0.2) is 0 Å². The van der Waals surface area contributed by atoms with Crippen LogP contribution in [0.3, 0.4) is 0 Å². The molecule has 1 aliphatic rings. The molecule has 2 rings (SSSR count). The molecule has 2 unspecified atom stereocenters. The Bertz CT molecular complexity index is 507. The highest BCUT2D eigenvalue weighted by atomic mass is 16.1. The van der Waals surface area contributed by atoms with Crippen molar-refractivity contribution in [2.75, 3.05) is 19.6 Å². The smallest absolute Gasteiger partial charge is 0.220 e. The number of rotatable bonds is 10. The first-order chi connectivity index (χ1) is 12.1. The van der Waals surface area contributed by atoms with Crippen LogP contribution in [-0.4, -0.2) is 31.1 Å². The Labute approximate surface area is 153 Å². The number of hydrogen-bond acceptors (Lipinski definition) is 3. The predicted molar refractivity (Wildman–Crippen MR) is 105 cm³/mol. The molecule has 1 aliphatic heterocycles. The van der Waals surface area contributed by atoms with E-state index >= 15 is 0 Å². The van der Waals surface area contributed by atoms with Gasteiger partial charge in [0.1, 0.15) is 0 Å². The highest BCUT2D eigenvalue weighted by molar-refractivity contribution is 5.75. The average molecular weight is 346 g/mol. The van der Waals surface area contributed by atoms with E-state index in [2.05, 4.69) is 61.0 Å². The van der Waals surface area contributed by atoms with E-state index in [0.717, 1.165) is 32.4 Å². The third-order valence-electron chi connectivity index (χ3n) is 5.74. The van der Waals surface area contributed by atoms with Crippen LogP contribution in [0.4, 0.5) is 0 Å². The van der Waals surface area contributed by atoms with Crippen molar-refractivity contribution in [3.8, 4) is 0 Å². The second-order valence-electron chi connectivity index (χ2n) is 7.44. The molecule has 1 aromatic rings. The number of nitrogens with one attached hydrogen (secondary N) is 3. The van der Waals surface area contributed by atoms with Crippen molar-refractivity contribution in [2.45, 2.75) is 64.5 Å². The van der Waals surface area contributed by atoms with E-state index < -0.39 is 0 Å². The summed E-state index contributed by atoms with van der Waals surface area (Å²) in [6, 6.07) is 10.8. The molecule has 1 saturated heterocycles. The molecule has 4 heteroatoms. The summed E-state index contributed by atoms with van der Waals surface area (Å²) in [5.74, 6) is 0.858. The molecule has 4 nitrogen and oxygen atoms in total. The molecule has 0 aliphatic carbocycles. The molecule has 0 saturated carbocycles. The van der Waals surface area contributed by atoms with Crippen LogP contribution in [0.25, 0.3) is 0 Å². The lowest BCUT2D eigenvalue weighted by atomic mass is 9.90. The van der Waals surface area contributed by atoms with Crippen molar-refractivity contribution in [3.05, 3.63) is 35.9 Å². The zero-order chi connectivity index (χ0) is 18.1. The van der Waals surface area contributed by atoms with Crippen molar-refractivity contribution in [1.29, 1.82) is 0 Å². The van der Waals surface area contributed by atoms with Gasteiger partial charge in [-0.1, -0.05) is 44.2 Å². The molecular formula is C21H35N3O. The summed E-state index contributed by atoms with van der Waals surface area (Å²) < 4.78 is 0. The van der Waals surface area contributed by atoms with E-state index in [1.54, 1.807) is 0 Å². The summed E-state index contributed by atoms with van der Waals surface area (Å²) in [6.45, 7) is 9.46. The van der Waals surface area contributed by atoms with Crippen LogP contribution in [0.15, 0.2) is 30.3 Å². The zero-order valence-corrected chi connectivity index (χ0v) is 16.1. The van der Waals surface area contributed by atoms with Crippen molar-refractivity contribution >= 4 is 5.91 Å². The normalized spacial score (nSPS) is 18.9.